The molecule has 4 heteroatoms. The van der Waals surface area contributed by atoms with E-state index in [0.29, 0.717) is 28.2 Å². The second kappa shape index (κ2) is 15.9. The van der Waals surface area contributed by atoms with E-state index >= 15 is 0 Å². The van der Waals surface area contributed by atoms with Gasteiger partial charge in [-0.05, 0) is 116 Å². The number of phenolic OH excluding ortho intramolecular Hbond substituents is 1. The van der Waals surface area contributed by atoms with Crippen LogP contribution in [0.25, 0.3) is 72.7 Å². The highest BCUT2D eigenvalue weighted by molar-refractivity contribution is 5.98. The van der Waals surface area contributed by atoms with Crippen LogP contribution in [0.3, 0.4) is 0 Å². The predicted octanol–water partition coefficient (Wildman–Crippen LogP) is 15.8. The van der Waals surface area contributed by atoms with E-state index in [1.165, 1.54) is 0 Å². The fraction of sp³-hybridized carbons (Fsp3) is 0.276. The minimum Gasteiger partial charge on any atom is -0.507 e. The molecule has 4 nitrogen and oxygen atoms in total. The number of hydrogen-bond acceptors (Lipinski definition) is 3. The van der Waals surface area contributed by atoms with Crippen LogP contribution in [-0.2, 0) is 16.2 Å². The number of benzene rings is 6. The van der Waals surface area contributed by atoms with E-state index < -0.39 is 47.9 Å². The van der Waals surface area contributed by atoms with Crippen molar-refractivity contribution in [2.45, 2.75) is 105 Å². The summed E-state index contributed by atoms with van der Waals surface area (Å²) in [6, 6.07) is 34.1. The summed E-state index contributed by atoms with van der Waals surface area (Å²) in [6.45, 7) is 20.2. The average Bonchev–Trinajstić information content (AvgIpc) is 3.66. The number of rotatable bonds is 7. The van der Waals surface area contributed by atoms with Crippen molar-refractivity contribution in [2.75, 3.05) is 0 Å². The predicted molar refractivity (Wildman–Crippen MR) is 263 cm³/mol. The number of nitrogens with zero attached hydrogens (tertiary/aromatic N) is 3. The van der Waals surface area contributed by atoms with Crippen LogP contribution in [0, 0.1) is 6.85 Å². The van der Waals surface area contributed by atoms with E-state index in [1.54, 1.807) is 18.3 Å². The van der Waals surface area contributed by atoms with Gasteiger partial charge in [-0.15, -0.1) is 0 Å². The van der Waals surface area contributed by atoms with Gasteiger partial charge in [-0.1, -0.05) is 167 Å². The van der Waals surface area contributed by atoms with Crippen LogP contribution >= 0.6 is 0 Å². The highest BCUT2D eigenvalue weighted by atomic mass is 16.3. The van der Waals surface area contributed by atoms with Gasteiger partial charge in [0.25, 0.3) is 0 Å². The molecular weight excluding hydrogens is 755 g/mol. The van der Waals surface area contributed by atoms with Crippen LogP contribution in [-0.4, -0.2) is 19.6 Å². The smallest absolute Gasteiger partial charge is 0.149 e. The molecule has 8 aromatic rings. The van der Waals surface area contributed by atoms with Crippen LogP contribution in [0.4, 0.5) is 0 Å². The normalized spacial score (nSPS) is 14.6. The van der Waals surface area contributed by atoms with Gasteiger partial charge in [-0.3, -0.25) is 9.55 Å². The van der Waals surface area contributed by atoms with Gasteiger partial charge in [0.2, 0.25) is 0 Å². The Hall–Kier alpha value is -6.26. The average molecular weight is 824 g/mol. The lowest BCUT2D eigenvalue weighted by atomic mass is 9.79. The molecule has 0 amide bonds. The first kappa shape index (κ1) is 33.4. The molecule has 8 rings (SSSR count). The van der Waals surface area contributed by atoms with Gasteiger partial charge in [-0.2, -0.15) is 0 Å². The number of aromatic nitrogens is 3. The minimum absolute atomic E-state index is 0.00993. The van der Waals surface area contributed by atoms with Gasteiger partial charge in [0.15, 0.2) is 0 Å². The molecule has 2 aromatic heterocycles. The molecule has 0 unspecified atom stereocenters. The van der Waals surface area contributed by atoms with E-state index in [0.717, 1.165) is 61.3 Å². The molecule has 62 heavy (non-hydrogen) atoms. The Morgan fingerprint density at radius 2 is 1.31 bits per heavy atom. The minimum atomic E-state index is -2.83. The van der Waals surface area contributed by atoms with E-state index in [9.17, 15) is 5.11 Å². The molecule has 6 aromatic carbocycles. The summed E-state index contributed by atoms with van der Waals surface area (Å²) in [4.78, 5) is 10.4. The SMILES string of the molecule is [2H]c1c([2H])c(C([2H])([2H])[2H])c([2H])c([2H])c1-c1ccnc(-c2cc(-c3cccc4c3nc(-c3cc(C(C)(C)C)cc(C(C)(C)C)c3O)n4-c3ccc(C([2H])(C)C)cc3-c3ccccc3)cc(C(C)(C)C)c2)c1. The standard InChI is InChI=1S/C58H61N3O/c1-36(2)40-25-26-51(47(32-40)39-17-14-13-15-18-39)61-52-20-16-19-46(53(52)60-55(61)48-34-45(57(7,8)9)35-49(54(48)62)58(10,11)12)42-29-43(31-44(30-42)56(4,5)6)50-33-41(27-28-59-50)38-23-21-37(3)22-24-38/h13-36,62H,1-12H3/i3D3,21D,22D,23D,24D,36D. The molecule has 0 aliphatic carbocycles. The third-order valence-electron chi connectivity index (χ3n) is 11.7. The van der Waals surface area contributed by atoms with E-state index in [-0.39, 0.29) is 22.1 Å². The van der Waals surface area contributed by atoms with E-state index in [1.807, 2.05) is 56.3 Å². The zero-order valence-electron chi connectivity index (χ0n) is 45.8. The van der Waals surface area contributed by atoms with Crippen molar-refractivity contribution < 1.29 is 16.1 Å². The monoisotopic (exact) mass is 824 g/mol. The molecule has 0 saturated heterocycles. The molecule has 0 fully saturated rings. The van der Waals surface area contributed by atoms with Crippen LogP contribution in [0.15, 0.2) is 140 Å². The summed E-state index contributed by atoms with van der Waals surface area (Å²) >= 11 is 0. The van der Waals surface area contributed by atoms with Crippen molar-refractivity contribution in [1.82, 2.24) is 14.5 Å². The van der Waals surface area contributed by atoms with Crippen LogP contribution in [0.5, 0.6) is 5.75 Å². The summed E-state index contributed by atoms with van der Waals surface area (Å²) in [6.07, 6.45) is 1.56. The molecule has 2 heterocycles. The number of fused-ring (bicyclic) bond motifs is 1. The fourth-order valence-corrected chi connectivity index (χ4v) is 8.02. The Morgan fingerprint density at radius 3 is 1.97 bits per heavy atom. The second-order valence-electron chi connectivity index (χ2n) is 19.7. The number of phenols is 1. The van der Waals surface area contributed by atoms with Gasteiger partial charge < -0.3 is 5.11 Å². The van der Waals surface area contributed by atoms with Gasteiger partial charge in [0.1, 0.15) is 11.6 Å². The first-order valence-corrected chi connectivity index (χ1v) is 21.3. The first-order chi connectivity index (χ1) is 32.5. The summed E-state index contributed by atoms with van der Waals surface area (Å²) in [5, 5.41) is 12.5. The zero-order chi connectivity index (χ0) is 51.2. The molecule has 314 valence electrons. The molecular formula is C58H61N3O. The van der Waals surface area contributed by atoms with Crippen molar-refractivity contribution in [2.24, 2.45) is 0 Å². The Kier molecular flexibility index (Phi) is 8.55. The third kappa shape index (κ3) is 8.23. The van der Waals surface area contributed by atoms with Crippen LogP contribution in [0.1, 0.15) is 121 Å². The van der Waals surface area contributed by atoms with Crippen molar-refractivity contribution in [3.8, 4) is 67.5 Å². The summed E-state index contributed by atoms with van der Waals surface area (Å²) < 4.78 is 69.8. The Morgan fingerprint density at radius 1 is 0.613 bits per heavy atom. The lowest BCUT2D eigenvalue weighted by Gasteiger charge is -2.27. The maximum absolute atomic E-state index is 12.5. The topological polar surface area (TPSA) is 50.9 Å². The molecule has 0 radical (unpaired) electrons. The quantitative estimate of drug-likeness (QED) is 0.174. The molecule has 0 aliphatic heterocycles. The van der Waals surface area contributed by atoms with Crippen LogP contribution in [0.2, 0.25) is 0 Å². The Bertz CT molecular complexity index is 3310. The van der Waals surface area contributed by atoms with Crippen molar-refractivity contribution in [3.05, 3.63) is 167 Å². The number of imidazole rings is 1. The first-order valence-electron chi connectivity index (χ1n) is 25.3. The lowest BCUT2D eigenvalue weighted by molar-refractivity contribution is 0.446. The zero-order valence-corrected chi connectivity index (χ0v) is 37.8. The third-order valence-corrected chi connectivity index (χ3v) is 11.7. The molecule has 0 saturated carbocycles. The number of para-hydroxylation sites is 1. The fourth-order valence-electron chi connectivity index (χ4n) is 8.02. The second-order valence-corrected chi connectivity index (χ2v) is 19.7. The van der Waals surface area contributed by atoms with E-state index in [2.05, 4.69) is 121 Å². The Balaban J connectivity index is 1.44. The summed E-state index contributed by atoms with van der Waals surface area (Å²) in [5.41, 5.74) is 10.2. The van der Waals surface area contributed by atoms with Gasteiger partial charge in [0, 0.05) is 33.9 Å². The maximum Gasteiger partial charge on any atom is 0.149 e. The highest BCUT2D eigenvalue weighted by Gasteiger charge is 2.29. The summed E-state index contributed by atoms with van der Waals surface area (Å²) in [7, 11) is 0. The summed E-state index contributed by atoms with van der Waals surface area (Å²) in [5.74, 6) is -0.175. The van der Waals surface area contributed by atoms with E-state index in [4.69, 9.17) is 20.9 Å². The molecule has 0 bridgehead atoms. The highest BCUT2D eigenvalue weighted by Crippen LogP contribution is 2.46. The van der Waals surface area contributed by atoms with Crippen molar-refractivity contribution in [3.63, 3.8) is 0 Å². The van der Waals surface area contributed by atoms with Crippen molar-refractivity contribution >= 4 is 11.0 Å². The van der Waals surface area contributed by atoms with Gasteiger partial charge in [-0.25, -0.2) is 4.98 Å². The molecule has 0 spiro atoms. The largest absolute Gasteiger partial charge is 0.507 e. The molecule has 0 atom stereocenters. The molecule has 0 aliphatic rings. The van der Waals surface area contributed by atoms with Crippen molar-refractivity contribution in [1.29, 1.82) is 0 Å². The number of pyridine rings is 1. The number of aromatic hydroxyl groups is 1. The number of hydrogen-bond donors (Lipinski definition) is 1. The maximum atomic E-state index is 12.5. The molecule has 1 N–H and O–H groups in total. The lowest BCUT2D eigenvalue weighted by Crippen LogP contribution is -2.17. The van der Waals surface area contributed by atoms with Crippen LogP contribution < -0.4 is 0 Å². The van der Waals surface area contributed by atoms with Gasteiger partial charge in [0.05, 0.1) is 33.5 Å². The Labute approximate surface area is 380 Å². The van der Waals surface area contributed by atoms with Gasteiger partial charge >= 0.3 is 0 Å².